The maximum atomic E-state index is 14.0. The van der Waals surface area contributed by atoms with E-state index < -0.39 is 0 Å². The van der Waals surface area contributed by atoms with Crippen molar-refractivity contribution in [2.75, 3.05) is 25.0 Å². The molecular weight excluding hydrogens is 245 g/mol. The Morgan fingerprint density at radius 2 is 2.11 bits per heavy atom. The molecule has 1 amide bonds. The molecule has 1 fully saturated rings. The van der Waals surface area contributed by atoms with Crippen molar-refractivity contribution in [3.05, 3.63) is 30.1 Å². The number of carbonyl (C=O) groups is 1. The minimum atomic E-state index is -0.379. The Morgan fingerprint density at radius 3 is 2.74 bits per heavy atom. The fraction of sp³-hybridized carbons (Fsp3) is 0.500. The van der Waals surface area contributed by atoms with Crippen LogP contribution in [0.1, 0.15) is 13.3 Å². The quantitative estimate of drug-likeness (QED) is 0.893. The zero-order valence-corrected chi connectivity index (χ0v) is 11.3. The van der Waals surface area contributed by atoms with Gasteiger partial charge in [0.2, 0.25) is 5.91 Å². The predicted octanol–water partition coefficient (Wildman–Crippen LogP) is 1.21. The third-order valence-electron chi connectivity index (χ3n) is 3.58. The van der Waals surface area contributed by atoms with Crippen LogP contribution in [0.25, 0.3) is 0 Å². The lowest BCUT2D eigenvalue weighted by atomic mass is 10.0. The Balaban J connectivity index is 2.39. The first-order valence-corrected chi connectivity index (χ1v) is 6.54. The molecule has 2 atom stereocenters. The van der Waals surface area contributed by atoms with Crippen LogP contribution in [0.15, 0.2) is 24.3 Å². The van der Waals surface area contributed by atoms with Crippen LogP contribution in [0.5, 0.6) is 0 Å². The summed E-state index contributed by atoms with van der Waals surface area (Å²) in [7, 11) is 1.78. The summed E-state index contributed by atoms with van der Waals surface area (Å²) >= 11 is 0. The molecule has 19 heavy (non-hydrogen) atoms. The van der Waals surface area contributed by atoms with E-state index in [2.05, 4.69) is 0 Å². The molecule has 5 heteroatoms. The highest BCUT2D eigenvalue weighted by molar-refractivity contribution is 5.86. The van der Waals surface area contributed by atoms with Gasteiger partial charge in [-0.15, -0.1) is 0 Å². The zero-order chi connectivity index (χ0) is 14.0. The van der Waals surface area contributed by atoms with Crippen molar-refractivity contribution in [1.29, 1.82) is 0 Å². The summed E-state index contributed by atoms with van der Waals surface area (Å²) in [5.74, 6) is -0.291. The number of halogens is 1. The number of nitrogens with two attached hydrogens (primary N) is 1. The van der Waals surface area contributed by atoms with E-state index in [1.165, 1.54) is 6.07 Å². The van der Waals surface area contributed by atoms with Crippen molar-refractivity contribution < 1.29 is 9.18 Å². The Hall–Kier alpha value is -1.62. The summed E-state index contributed by atoms with van der Waals surface area (Å²) in [5.41, 5.74) is 6.08. The molecule has 2 N–H and O–H groups in total. The third-order valence-corrected chi connectivity index (χ3v) is 3.58. The first kappa shape index (κ1) is 13.8. The maximum Gasteiger partial charge on any atom is 0.245 e. The van der Waals surface area contributed by atoms with Crippen LogP contribution in [-0.4, -0.2) is 43.0 Å². The lowest BCUT2D eigenvalue weighted by molar-refractivity contribution is -0.133. The molecule has 0 saturated carbocycles. The van der Waals surface area contributed by atoms with Gasteiger partial charge in [-0.3, -0.25) is 4.79 Å². The van der Waals surface area contributed by atoms with E-state index in [1.54, 1.807) is 30.1 Å². The highest BCUT2D eigenvalue weighted by Crippen LogP contribution is 2.28. The lowest BCUT2D eigenvalue weighted by Crippen LogP contribution is -2.60. The molecule has 0 aromatic heterocycles. The lowest BCUT2D eigenvalue weighted by Gasteiger charge is -2.45. The van der Waals surface area contributed by atoms with Crippen molar-refractivity contribution in [3.63, 3.8) is 0 Å². The topological polar surface area (TPSA) is 49.6 Å². The Labute approximate surface area is 113 Å². The van der Waals surface area contributed by atoms with Gasteiger partial charge in [-0.25, -0.2) is 4.39 Å². The molecule has 2 unspecified atom stereocenters. The highest BCUT2D eigenvalue weighted by Gasteiger charge is 2.37. The molecule has 1 aromatic carbocycles. The number of likely N-dealkylation sites (N-methyl/N-ethyl adjacent to an activating group) is 1. The molecule has 2 rings (SSSR count). The van der Waals surface area contributed by atoms with Crippen LogP contribution in [0.3, 0.4) is 0 Å². The second kappa shape index (κ2) is 5.57. The smallest absolute Gasteiger partial charge is 0.245 e. The number of hydrogen-bond donors (Lipinski definition) is 1. The van der Waals surface area contributed by atoms with Gasteiger partial charge in [0, 0.05) is 19.6 Å². The number of anilines is 1. The number of rotatable bonds is 3. The second-order valence-corrected chi connectivity index (χ2v) is 5.02. The minimum absolute atomic E-state index is 0.00630. The van der Waals surface area contributed by atoms with Crippen molar-refractivity contribution in [3.8, 4) is 0 Å². The molecule has 1 aliphatic heterocycles. The summed E-state index contributed by atoms with van der Waals surface area (Å²) in [6.07, 6.45) is 0.530. The number of piperazine rings is 1. The molecule has 1 aliphatic rings. The van der Waals surface area contributed by atoms with E-state index in [1.807, 2.05) is 11.8 Å². The minimum Gasteiger partial charge on any atom is -0.353 e. The largest absolute Gasteiger partial charge is 0.353 e. The summed E-state index contributed by atoms with van der Waals surface area (Å²) < 4.78 is 14.0. The predicted molar refractivity (Wildman–Crippen MR) is 73.4 cm³/mol. The number of para-hydroxylation sites is 1. The molecule has 4 nitrogen and oxygen atoms in total. The first-order valence-electron chi connectivity index (χ1n) is 6.54. The van der Waals surface area contributed by atoms with Gasteiger partial charge in [-0.2, -0.15) is 0 Å². The van der Waals surface area contributed by atoms with Crippen molar-refractivity contribution in [2.24, 2.45) is 5.73 Å². The maximum absolute atomic E-state index is 14.0. The van der Waals surface area contributed by atoms with Gasteiger partial charge in [0.25, 0.3) is 0 Å². The van der Waals surface area contributed by atoms with Crippen LogP contribution >= 0.6 is 0 Å². The van der Waals surface area contributed by atoms with E-state index in [4.69, 9.17) is 5.73 Å². The number of nitrogens with zero attached hydrogens (tertiary/aromatic N) is 2. The molecule has 0 spiro atoms. The summed E-state index contributed by atoms with van der Waals surface area (Å²) in [4.78, 5) is 15.8. The van der Waals surface area contributed by atoms with E-state index in [9.17, 15) is 9.18 Å². The van der Waals surface area contributed by atoms with E-state index in [-0.39, 0.29) is 23.8 Å². The average Bonchev–Trinajstić information content (AvgIpc) is 2.38. The molecule has 0 bridgehead atoms. The Bertz CT molecular complexity index is 466. The Kier molecular flexibility index (Phi) is 4.04. The molecule has 0 aliphatic carbocycles. The number of carbonyl (C=O) groups excluding carboxylic acids is 1. The standard InChI is InChI=1S/C14H20FN3O/c1-10-9-17(2)14(19)13(7-8-16)18(10)12-6-4-3-5-11(12)15/h3-6,10,13H,7-9,16H2,1-2H3. The fourth-order valence-electron chi connectivity index (χ4n) is 2.74. The van der Waals surface area contributed by atoms with Gasteiger partial charge < -0.3 is 15.5 Å². The van der Waals surface area contributed by atoms with Gasteiger partial charge in [0.05, 0.1) is 5.69 Å². The van der Waals surface area contributed by atoms with Crippen molar-refractivity contribution in [1.82, 2.24) is 4.90 Å². The highest BCUT2D eigenvalue weighted by atomic mass is 19.1. The van der Waals surface area contributed by atoms with Crippen LogP contribution in [0.2, 0.25) is 0 Å². The number of amides is 1. The molecular formula is C14H20FN3O. The second-order valence-electron chi connectivity index (χ2n) is 5.02. The van der Waals surface area contributed by atoms with Crippen LogP contribution in [-0.2, 0) is 4.79 Å². The fourth-order valence-corrected chi connectivity index (χ4v) is 2.74. The zero-order valence-electron chi connectivity index (χ0n) is 11.3. The van der Waals surface area contributed by atoms with Crippen molar-refractivity contribution >= 4 is 11.6 Å². The van der Waals surface area contributed by atoms with E-state index in [0.29, 0.717) is 25.2 Å². The van der Waals surface area contributed by atoms with Gasteiger partial charge in [-0.1, -0.05) is 12.1 Å². The third kappa shape index (κ3) is 2.56. The SMILES string of the molecule is CC1CN(C)C(=O)C(CCN)N1c1ccccc1F. The van der Waals surface area contributed by atoms with Crippen molar-refractivity contribution in [2.45, 2.75) is 25.4 Å². The number of benzene rings is 1. The number of hydrogen-bond acceptors (Lipinski definition) is 3. The molecule has 0 radical (unpaired) electrons. The first-order chi connectivity index (χ1) is 9.06. The van der Waals surface area contributed by atoms with E-state index in [0.717, 1.165) is 0 Å². The van der Waals surface area contributed by atoms with Gasteiger partial charge in [-0.05, 0) is 32.0 Å². The molecule has 1 aromatic rings. The summed E-state index contributed by atoms with van der Waals surface area (Å²) in [6.45, 7) is 3.00. The summed E-state index contributed by atoms with van der Waals surface area (Å²) in [5, 5.41) is 0. The van der Waals surface area contributed by atoms with Gasteiger partial charge >= 0.3 is 0 Å². The molecule has 104 valence electrons. The normalized spacial score (nSPS) is 23.9. The van der Waals surface area contributed by atoms with Gasteiger partial charge in [0.1, 0.15) is 11.9 Å². The van der Waals surface area contributed by atoms with E-state index >= 15 is 0 Å². The average molecular weight is 265 g/mol. The summed E-state index contributed by atoms with van der Waals surface area (Å²) in [6, 6.07) is 6.26. The monoisotopic (exact) mass is 265 g/mol. The van der Waals surface area contributed by atoms with Gasteiger partial charge in [0.15, 0.2) is 0 Å². The van der Waals surface area contributed by atoms with Crippen LogP contribution < -0.4 is 10.6 Å². The van der Waals surface area contributed by atoms with Crippen LogP contribution in [0, 0.1) is 5.82 Å². The molecule has 1 saturated heterocycles. The Morgan fingerprint density at radius 1 is 1.42 bits per heavy atom. The van der Waals surface area contributed by atoms with Crippen LogP contribution in [0.4, 0.5) is 10.1 Å². The molecule has 1 heterocycles.